The lowest BCUT2D eigenvalue weighted by atomic mass is 10.0. The van der Waals surface area contributed by atoms with Crippen molar-refractivity contribution in [2.24, 2.45) is 5.92 Å². The average Bonchev–Trinajstić information content (AvgIpc) is 3.64. The Bertz CT molecular complexity index is 823. The minimum absolute atomic E-state index is 0.0862. The Morgan fingerprint density at radius 1 is 1.21 bits per heavy atom. The van der Waals surface area contributed by atoms with Gasteiger partial charge in [-0.05, 0) is 82.4 Å². The second-order valence-corrected chi connectivity index (χ2v) is 9.87. The second-order valence-electron chi connectivity index (χ2n) is 9.87. The van der Waals surface area contributed by atoms with E-state index in [0.717, 1.165) is 69.5 Å². The number of nitrogens with zero attached hydrogens (tertiary/aromatic N) is 2. The first-order valence-corrected chi connectivity index (χ1v) is 13.0. The Morgan fingerprint density at radius 2 is 1.97 bits per heavy atom. The van der Waals surface area contributed by atoms with Crippen molar-refractivity contribution in [1.82, 2.24) is 15.2 Å². The molecule has 2 heterocycles. The third-order valence-electron chi connectivity index (χ3n) is 7.51. The summed E-state index contributed by atoms with van der Waals surface area (Å²) in [7, 11) is 0. The average molecular weight is 475 g/mol. The largest absolute Gasteiger partial charge is 0.480 e. The summed E-state index contributed by atoms with van der Waals surface area (Å²) < 4.78 is 0. The number of carboxylic acid groups (broad SMARTS) is 1. The van der Waals surface area contributed by atoms with Crippen LogP contribution in [0.4, 0.5) is 5.82 Å². The van der Waals surface area contributed by atoms with Gasteiger partial charge in [-0.3, -0.25) is 9.69 Å². The highest BCUT2D eigenvalue weighted by Gasteiger charge is 2.47. The van der Waals surface area contributed by atoms with E-state index in [1.807, 2.05) is 13.8 Å². The summed E-state index contributed by atoms with van der Waals surface area (Å²) in [5.41, 5.74) is 2.17. The van der Waals surface area contributed by atoms with Crippen LogP contribution in [-0.2, 0) is 22.4 Å². The molecule has 0 aromatic carbocycles. The number of aromatic nitrogens is 1. The van der Waals surface area contributed by atoms with Crippen LogP contribution >= 0.6 is 0 Å². The number of rotatable bonds is 15. The molecule has 1 unspecified atom stereocenters. The maximum absolute atomic E-state index is 12.4. The fraction of sp³-hybridized carbons (Fsp3) is 0.731. The number of fused-ring (bicyclic) bond motifs is 1. The van der Waals surface area contributed by atoms with Gasteiger partial charge in [0.15, 0.2) is 0 Å². The lowest BCUT2D eigenvalue weighted by Crippen LogP contribution is -2.48. The highest BCUT2D eigenvalue weighted by atomic mass is 16.4. The van der Waals surface area contributed by atoms with E-state index in [-0.39, 0.29) is 24.0 Å². The standard InChI is InChI=1S/C26H42N4O4/c1-3-19(4-2)24(32)29-22(25(33)34)12-17-30(26(18-31)13-14-26)16-6-5-9-21-11-10-20-8-7-15-27-23(20)28-21/h10-11,19,22,31H,3-9,12-18H2,1-2H3,(H,27,28)(H,29,32)(H,33,34). The minimum atomic E-state index is -1.000. The Hall–Kier alpha value is -2.19. The van der Waals surface area contributed by atoms with Crippen molar-refractivity contribution in [3.05, 3.63) is 23.4 Å². The van der Waals surface area contributed by atoms with Gasteiger partial charge in [0.25, 0.3) is 0 Å². The number of aliphatic carboxylic acids is 1. The monoisotopic (exact) mass is 474 g/mol. The summed E-state index contributed by atoms with van der Waals surface area (Å²) in [6.07, 6.45) is 8.66. The van der Waals surface area contributed by atoms with Crippen molar-refractivity contribution in [2.75, 3.05) is 31.6 Å². The summed E-state index contributed by atoms with van der Waals surface area (Å²) in [6.45, 7) is 6.30. The van der Waals surface area contributed by atoms with E-state index in [1.165, 1.54) is 5.56 Å². The fourth-order valence-electron chi connectivity index (χ4n) is 4.91. The van der Waals surface area contributed by atoms with E-state index < -0.39 is 12.0 Å². The van der Waals surface area contributed by atoms with Crippen molar-refractivity contribution < 1.29 is 19.8 Å². The molecule has 1 aliphatic carbocycles. The molecule has 1 saturated carbocycles. The zero-order valence-electron chi connectivity index (χ0n) is 20.8. The molecule has 1 fully saturated rings. The molecule has 1 aliphatic heterocycles. The molecular weight excluding hydrogens is 432 g/mol. The van der Waals surface area contributed by atoms with Gasteiger partial charge in [0, 0.05) is 30.2 Å². The molecule has 3 rings (SSSR count). The zero-order chi connectivity index (χ0) is 24.6. The van der Waals surface area contributed by atoms with Gasteiger partial charge in [0.2, 0.25) is 5.91 Å². The number of unbranched alkanes of at least 4 members (excludes halogenated alkanes) is 1. The normalized spacial score (nSPS) is 17.2. The Morgan fingerprint density at radius 3 is 2.62 bits per heavy atom. The number of amides is 1. The van der Waals surface area contributed by atoms with Gasteiger partial charge >= 0.3 is 5.97 Å². The minimum Gasteiger partial charge on any atom is -0.480 e. The van der Waals surface area contributed by atoms with Crippen LogP contribution in [0.25, 0.3) is 0 Å². The Balaban J connectivity index is 1.51. The molecule has 0 radical (unpaired) electrons. The van der Waals surface area contributed by atoms with E-state index in [2.05, 4.69) is 27.7 Å². The smallest absolute Gasteiger partial charge is 0.326 e. The van der Waals surface area contributed by atoms with E-state index in [0.29, 0.717) is 25.8 Å². The van der Waals surface area contributed by atoms with Crippen molar-refractivity contribution in [3.8, 4) is 0 Å². The van der Waals surface area contributed by atoms with Gasteiger partial charge in [0.05, 0.1) is 6.61 Å². The van der Waals surface area contributed by atoms with Crippen molar-refractivity contribution in [1.29, 1.82) is 0 Å². The summed E-state index contributed by atoms with van der Waals surface area (Å²) in [5.74, 6) is -0.310. The van der Waals surface area contributed by atoms with Gasteiger partial charge in [-0.15, -0.1) is 0 Å². The van der Waals surface area contributed by atoms with Crippen molar-refractivity contribution in [3.63, 3.8) is 0 Å². The molecule has 8 nitrogen and oxygen atoms in total. The number of pyridine rings is 1. The third-order valence-corrected chi connectivity index (χ3v) is 7.51. The maximum atomic E-state index is 12.4. The summed E-state index contributed by atoms with van der Waals surface area (Å²) >= 11 is 0. The number of carboxylic acids is 1. The number of hydrogen-bond donors (Lipinski definition) is 4. The zero-order valence-corrected chi connectivity index (χ0v) is 20.8. The maximum Gasteiger partial charge on any atom is 0.326 e. The number of aryl methyl sites for hydroxylation is 2. The van der Waals surface area contributed by atoms with Crippen LogP contribution < -0.4 is 10.6 Å². The molecule has 1 atom stereocenters. The van der Waals surface area contributed by atoms with Crippen LogP contribution in [0, 0.1) is 5.92 Å². The molecule has 1 amide bonds. The molecule has 0 bridgehead atoms. The first kappa shape index (κ1) is 26.4. The van der Waals surface area contributed by atoms with E-state index in [1.54, 1.807) is 0 Å². The van der Waals surface area contributed by atoms with Gasteiger partial charge in [-0.25, -0.2) is 9.78 Å². The van der Waals surface area contributed by atoms with E-state index in [9.17, 15) is 19.8 Å². The molecule has 34 heavy (non-hydrogen) atoms. The first-order chi connectivity index (χ1) is 16.4. The van der Waals surface area contributed by atoms with Gasteiger partial charge in [-0.2, -0.15) is 0 Å². The summed E-state index contributed by atoms with van der Waals surface area (Å²) in [5, 5.41) is 25.8. The van der Waals surface area contributed by atoms with E-state index in [4.69, 9.17) is 4.98 Å². The molecule has 190 valence electrons. The molecule has 0 saturated heterocycles. The first-order valence-electron chi connectivity index (χ1n) is 13.0. The van der Waals surface area contributed by atoms with Crippen LogP contribution in [0.3, 0.4) is 0 Å². The van der Waals surface area contributed by atoms with Crippen LogP contribution in [0.2, 0.25) is 0 Å². The Kier molecular flexibility index (Phi) is 9.71. The highest BCUT2D eigenvalue weighted by Crippen LogP contribution is 2.41. The SMILES string of the molecule is CCC(CC)C(=O)NC(CCN(CCCCc1ccc2c(n1)NCCC2)C1(CO)CC1)C(=O)O. The van der Waals surface area contributed by atoms with E-state index >= 15 is 0 Å². The molecule has 0 spiro atoms. The number of aliphatic hydroxyl groups excluding tert-OH is 1. The lowest BCUT2D eigenvalue weighted by Gasteiger charge is -2.32. The van der Waals surface area contributed by atoms with Gasteiger partial charge in [0.1, 0.15) is 11.9 Å². The predicted octanol–water partition coefficient (Wildman–Crippen LogP) is 2.98. The number of aliphatic hydroxyl groups is 1. The van der Waals surface area contributed by atoms with Crippen molar-refractivity contribution >= 4 is 17.7 Å². The van der Waals surface area contributed by atoms with Crippen LogP contribution in [-0.4, -0.2) is 69.8 Å². The topological polar surface area (TPSA) is 115 Å². The molecule has 1 aromatic rings. The molecule has 4 N–H and O–H groups in total. The van der Waals surface area contributed by atoms with Crippen LogP contribution in [0.15, 0.2) is 12.1 Å². The molecular formula is C26H42N4O4. The van der Waals surface area contributed by atoms with Crippen LogP contribution in [0.5, 0.6) is 0 Å². The van der Waals surface area contributed by atoms with Crippen LogP contribution in [0.1, 0.15) is 76.5 Å². The predicted molar refractivity (Wildman–Crippen MR) is 133 cm³/mol. The summed E-state index contributed by atoms with van der Waals surface area (Å²) in [6, 6.07) is 3.40. The van der Waals surface area contributed by atoms with Gasteiger partial charge < -0.3 is 20.8 Å². The Labute approximate surface area is 203 Å². The number of carbonyl (C=O) groups excluding carboxylic acids is 1. The van der Waals surface area contributed by atoms with Gasteiger partial charge in [-0.1, -0.05) is 19.9 Å². The summed E-state index contributed by atoms with van der Waals surface area (Å²) in [4.78, 5) is 31.2. The number of nitrogens with one attached hydrogen (secondary N) is 2. The third kappa shape index (κ3) is 6.92. The number of hydrogen-bond acceptors (Lipinski definition) is 6. The molecule has 1 aromatic heterocycles. The number of anilines is 1. The molecule has 2 aliphatic rings. The fourth-order valence-corrected chi connectivity index (χ4v) is 4.91. The van der Waals surface area contributed by atoms with Crippen molar-refractivity contribution in [2.45, 2.75) is 89.6 Å². The highest BCUT2D eigenvalue weighted by molar-refractivity contribution is 5.84. The lowest BCUT2D eigenvalue weighted by molar-refractivity contribution is -0.142. The molecule has 8 heteroatoms. The quantitative estimate of drug-likeness (QED) is 0.289. The second kappa shape index (κ2) is 12.5. The number of carbonyl (C=O) groups is 2.